The first-order chi connectivity index (χ1) is 11.2. The summed E-state index contributed by atoms with van der Waals surface area (Å²) in [4.78, 5) is 0. The van der Waals surface area contributed by atoms with Crippen LogP contribution in [0.25, 0.3) is 0 Å². The minimum absolute atomic E-state index is 0. The largest absolute Gasteiger partial charge is 0.0617 e. The van der Waals surface area contributed by atoms with E-state index < -0.39 is 0 Å². The normalized spacial score (nSPS) is 10.3. The molecule has 0 N–H and O–H groups in total. The molecule has 0 heterocycles. The molecule has 2 heteroatoms. The maximum atomic E-state index is 3.44. The molecule has 0 aliphatic heterocycles. The van der Waals surface area contributed by atoms with Crippen LogP contribution in [0, 0.1) is 12.1 Å². The third kappa shape index (κ3) is 9.59. The van der Waals surface area contributed by atoms with E-state index in [-0.39, 0.29) is 42.4 Å². The molecule has 2 rings (SSSR count). The van der Waals surface area contributed by atoms with Gasteiger partial charge in [0.05, 0.1) is 0 Å². The van der Waals surface area contributed by atoms with Gasteiger partial charge in [0, 0.05) is 42.4 Å². The molecule has 0 saturated carbocycles. The molecule has 0 aromatic heterocycles. The minimum atomic E-state index is 0. The monoisotopic (exact) mass is 464 g/mol. The molecule has 140 valence electrons. The molecule has 0 atom stereocenters. The molecule has 0 unspecified atom stereocenters. The summed E-state index contributed by atoms with van der Waals surface area (Å²) >= 11 is 0. The zero-order valence-electron chi connectivity index (χ0n) is 17.9. The van der Waals surface area contributed by atoms with Crippen molar-refractivity contribution in [2.45, 2.75) is 79.1 Å². The van der Waals surface area contributed by atoms with Crippen molar-refractivity contribution < 1.29 is 2.85 Å². The first-order valence-electron chi connectivity index (χ1n) is 9.26. The number of hydrogen-bond acceptors (Lipinski definition) is 0. The fraction of sp³-hybridized carbons (Fsp3) is 0.500. The van der Waals surface area contributed by atoms with Crippen molar-refractivity contribution in [2.75, 3.05) is 0 Å². The summed E-state index contributed by atoms with van der Waals surface area (Å²) in [5, 5.41) is 0. The SMILES string of the molecule is CC(C)c1[c]c(C(C)C)ccc1.CC(C)c1[c]c(C(C)C)ccc1.[Ga].[Ga].[HH].[HH]. The minimum Gasteiger partial charge on any atom is -0.0617 e. The molecule has 0 aliphatic rings. The molecule has 2 aromatic carbocycles. The Labute approximate surface area is 191 Å². The fourth-order valence-corrected chi connectivity index (χ4v) is 2.36. The van der Waals surface area contributed by atoms with Crippen molar-refractivity contribution in [3.63, 3.8) is 0 Å². The smallest absolute Gasteiger partial charge is 0 e. The maximum Gasteiger partial charge on any atom is 0 e. The standard InChI is InChI=1S/2C12H17.2Ga.2H2/c2*1-9(2)11-6-5-7-12(8-11)10(3)4;;;;/h2*5-7,9-10H,1-4H3;;;2*1H. The quantitative estimate of drug-likeness (QED) is 0.419. The Morgan fingerprint density at radius 1 is 0.500 bits per heavy atom. The van der Waals surface area contributed by atoms with Gasteiger partial charge in [0.1, 0.15) is 0 Å². The van der Waals surface area contributed by atoms with Gasteiger partial charge in [0.25, 0.3) is 0 Å². The van der Waals surface area contributed by atoms with E-state index in [4.69, 9.17) is 0 Å². The molecular weight excluding hydrogens is 428 g/mol. The van der Waals surface area contributed by atoms with E-state index in [1.165, 1.54) is 22.3 Å². The molecule has 8 radical (unpaired) electrons. The summed E-state index contributed by atoms with van der Waals surface area (Å²) in [6, 6.07) is 19.7. The van der Waals surface area contributed by atoms with Gasteiger partial charge in [-0.1, -0.05) is 91.8 Å². The van der Waals surface area contributed by atoms with E-state index in [0.29, 0.717) is 23.7 Å². The number of hydrogen-bond donors (Lipinski definition) is 0. The Balaban J connectivity index is -0.000000180. The van der Waals surface area contributed by atoms with E-state index in [0.717, 1.165) is 0 Å². The summed E-state index contributed by atoms with van der Waals surface area (Å²) < 4.78 is 0. The van der Waals surface area contributed by atoms with Crippen LogP contribution in [0.15, 0.2) is 36.4 Å². The van der Waals surface area contributed by atoms with Crippen molar-refractivity contribution in [3.8, 4) is 0 Å². The van der Waals surface area contributed by atoms with Crippen LogP contribution in [-0.2, 0) is 0 Å². The van der Waals surface area contributed by atoms with Crippen LogP contribution >= 0.6 is 0 Å². The molecule has 0 spiro atoms. The summed E-state index contributed by atoms with van der Waals surface area (Å²) in [5.41, 5.74) is 5.28. The topological polar surface area (TPSA) is 0 Å². The van der Waals surface area contributed by atoms with Gasteiger partial charge in [-0.05, 0) is 58.1 Å². The predicted molar refractivity (Wildman–Crippen MR) is 123 cm³/mol. The van der Waals surface area contributed by atoms with Crippen molar-refractivity contribution in [1.29, 1.82) is 0 Å². The Hall–Kier alpha value is -0.287. The van der Waals surface area contributed by atoms with Crippen LogP contribution < -0.4 is 0 Å². The molecule has 0 aliphatic carbocycles. The van der Waals surface area contributed by atoms with E-state index >= 15 is 0 Å². The van der Waals surface area contributed by atoms with Crippen LogP contribution in [0.2, 0.25) is 0 Å². The van der Waals surface area contributed by atoms with Crippen LogP contribution in [0.5, 0.6) is 0 Å². The summed E-state index contributed by atoms with van der Waals surface area (Å²) in [5.74, 6) is 2.35. The first-order valence-corrected chi connectivity index (χ1v) is 9.26. The van der Waals surface area contributed by atoms with E-state index in [1.54, 1.807) is 0 Å². The fourth-order valence-electron chi connectivity index (χ4n) is 2.36. The van der Waals surface area contributed by atoms with Gasteiger partial charge in [0.2, 0.25) is 0 Å². The van der Waals surface area contributed by atoms with Gasteiger partial charge >= 0.3 is 0 Å². The van der Waals surface area contributed by atoms with Gasteiger partial charge < -0.3 is 0 Å². The summed E-state index contributed by atoms with van der Waals surface area (Å²) in [7, 11) is 0. The molecule has 0 fully saturated rings. The molecule has 2 aromatic rings. The molecule has 0 amide bonds. The second kappa shape index (κ2) is 13.8. The molecule has 0 saturated heterocycles. The maximum absolute atomic E-state index is 3.44. The van der Waals surface area contributed by atoms with Crippen LogP contribution in [0.4, 0.5) is 0 Å². The van der Waals surface area contributed by atoms with Crippen molar-refractivity contribution in [2.24, 2.45) is 0 Å². The van der Waals surface area contributed by atoms with Gasteiger partial charge in [-0.25, -0.2) is 0 Å². The van der Waals surface area contributed by atoms with E-state index in [9.17, 15) is 0 Å². The van der Waals surface area contributed by atoms with E-state index in [2.05, 4.69) is 104 Å². The van der Waals surface area contributed by atoms with Crippen molar-refractivity contribution in [3.05, 3.63) is 70.8 Å². The van der Waals surface area contributed by atoms with Gasteiger partial charge in [-0.15, -0.1) is 0 Å². The van der Waals surface area contributed by atoms with Crippen LogP contribution in [0.1, 0.15) is 104 Å². The van der Waals surface area contributed by atoms with Crippen LogP contribution in [0.3, 0.4) is 0 Å². The van der Waals surface area contributed by atoms with Gasteiger partial charge in [0.15, 0.2) is 0 Å². The first kappa shape index (κ1) is 27.9. The molecule has 0 bridgehead atoms. The summed E-state index contributed by atoms with van der Waals surface area (Å²) in [6.07, 6.45) is 0. The Bertz CT molecular complexity index is 522. The van der Waals surface area contributed by atoms with E-state index in [1.807, 2.05) is 0 Å². The zero-order valence-corrected chi connectivity index (χ0v) is 22.8. The predicted octanol–water partition coefficient (Wildman–Crippen LogP) is 7.20. The Morgan fingerprint density at radius 3 is 0.846 bits per heavy atom. The van der Waals surface area contributed by atoms with Crippen molar-refractivity contribution in [1.82, 2.24) is 0 Å². The number of benzene rings is 2. The summed E-state index contributed by atoms with van der Waals surface area (Å²) in [6.45, 7) is 17.6. The second-order valence-corrected chi connectivity index (χ2v) is 7.74. The van der Waals surface area contributed by atoms with Gasteiger partial charge in [-0.2, -0.15) is 0 Å². The zero-order chi connectivity index (χ0) is 18.3. The molecule has 26 heavy (non-hydrogen) atoms. The molecule has 0 nitrogen and oxygen atoms in total. The average molecular weight is 466 g/mol. The van der Waals surface area contributed by atoms with Crippen molar-refractivity contribution >= 4 is 39.6 Å². The number of rotatable bonds is 4. The third-order valence-electron chi connectivity index (χ3n) is 4.17. The van der Waals surface area contributed by atoms with Gasteiger partial charge in [-0.3, -0.25) is 0 Å². The van der Waals surface area contributed by atoms with Crippen LogP contribution in [-0.4, -0.2) is 39.6 Å². The average Bonchev–Trinajstić information content (AvgIpc) is 2.55. The second-order valence-electron chi connectivity index (χ2n) is 7.74. The third-order valence-corrected chi connectivity index (χ3v) is 4.17. The Kier molecular flexibility index (Phi) is 14.8. The Morgan fingerprint density at radius 2 is 0.692 bits per heavy atom. The molecular formula is C24H38Ga2.